The van der Waals surface area contributed by atoms with Crippen LogP contribution in [-0.4, -0.2) is 57.2 Å². The van der Waals surface area contributed by atoms with Crippen LogP contribution in [0.25, 0.3) is 11.5 Å². The van der Waals surface area contributed by atoms with Gasteiger partial charge in [-0.25, -0.2) is 15.0 Å². The number of benzene rings is 1. The molecule has 0 atom stereocenters. The molecule has 1 aromatic carbocycles. The van der Waals surface area contributed by atoms with Crippen LogP contribution in [-0.2, 0) is 4.84 Å². The van der Waals surface area contributed by atoms with Crippen LogP contribution in [0.4, 0.5) is 5.82 Å². The van der Waals surface area contributed by atoms with Crippen molar-refractivity contribution >= 4 is 11.7 Å². The number of carbonyl (C=O) groups excluding carboxylic acids is 1. The van der Waals surface area contributed by atoms with Gasteiger partial charge in [0.25, 0.3) is 11.8 Å². The van der Waals surface area contributed by atoms with Crippen LogP contribution < -0.4 is 5.06 Å². The number of anilines is 1. The van der Waals surface area contributed by atoms with Crippen molar-refractivity contribution in [2.45, 2.75) is 20.8 Å². The summed E-state index contributed by atoms with van der Waals surface area (Å²) in [6, 6.07) is 9.13. The molecule has 9 nitrogen and oxygen atoms in total. The zero-order chi connectivity index (χ0) is 20.4. The van der Waals surface area contributed by atoms with Gasteiger partial charge in [0.1, 0.15) is 5.82 Å². The maximum atomic E-state index is 13.2. The van der Waals surface area contributed by atoms with Crippen molar-refractivity contribution in [3.63, 3.8) is 0 Å². The molecule has 2 aromatic heterocycles. The van der Waals surface area contributed by atoms with Crippen LogP contribution in [0, 0.1) is 20.8 Å². The number of nitrogens with zero attached hydrogens (tertiary/aromatic N) is 6. The average molecular weight is 394 g/mol. The van der Waals surface area contributed by atoms with E-state index in [1.165, 1.54) is 0 Å². The lowest BCUT2D eigenvalue weighted by Gasteiger charge is -2.22. The Hall–Kier alpha value is -3.33. The zero-order valence-corrected chi connectivity index (χ0v) is 16.6. The van der Waals surface area contributed by atoms with Crippen LogP contribution in [0.5, 0.6) is 0 Å². The maximum absolute atomic E-state index is 13.2. The molecule has 1 aliphatic heterocycles. The fraction of sp³-hybridized carbons (Fsp3) is 0.350. The summed E-state index contributed by atoms with van der Waals surface area (Å²) < 4.78 is 5.27. The van der Waals surface area contributed by atoms with Gasteiger partial charge < -0.3 is 9.42 Å². The molecule has 0 N–H and O–H groups in total. The van der Waals surface area contributed by atoms with Crippen molar-refractivity contribution in [2.24, 2.45) is 0 Å². The Morgan fingerprint density at radius 1 is 1.00 bits per heavy atom. The first-order valence-corrected chi connectivity index (χ1v) is 9.43. The SMILES string of the molecule is Cc1cc(N2CCN(C(=O)c3ccccc3-c3nc(C)no3)CCO2)nc(C)n1. The van der Waals surface area contributed by atoms with Crippen molar-refractivity contribution in [2.75, 3.05) is 31.3 Å². The fourth-order valence-electron chi connectivity index (χ4n) is 3.29. The van der Waals surface area contributed by atoms with E-state index in [0.29, 0.717) is 60.7 Å². The summed E-state index contributed by atoms with van der Waals surface area (Å²) in [5.74, 6) is 2.15. The lowest BCUT2D eigenvalue weighted by Crippen LogP contribution is -2.35. The number of hydrogen-bond acceptors (Lipinski definition) is 8. The highest BCUT2D eigenvalue weighted by Crippen LogP contribution is 2.24. The van der Waals surface area contributed by atoms with Gasteiger partial charge >= 0.3 is 0 Å². The smallest absolute Gasteiger partial charge is 0.258 e. The summed E-state index contributed by atoms with van der Waals surface area (Å²) >= 11 is 0. The summed E-state index contributed by atoms with van der Waals surface area (Å²) in [5.41, 5.74) is 2.03. The van der Waals surface area contributed by atoms with E-state index < -0.39 is 0 Å². The molecule has 1 fully saturated rings. The second kappa shape index (κ2) is 7.96. The van der Waals surface area contributed by atoms with E-state index in [4.69, 9.17) is 9.36 Å². The Kier molecular flexibility index (Phi) is 5.22. The van der Waals surface area contributed by atoms with Crippen LogP contribution in [0.15, 0.2) is 34.9 Å². The van der Waals surface area contributed by atoms with E-state index in [0.717, 1.165) is 5.69 Å². The Labute approximate surface area is 168 Å². The molecule has 29 heavy (non-hydrogen) atoms. The Morgan fingerprint density at radius 3 is 2.59 bits per heavy atom. The van der Waals surface area contributed by atoms with Gasteiger partial charge in [-0.2, -0.15) is 4.98 Å². The second-order valence-electron chi connectivity index (χ2n) is 6.83. The third-order valence-electron chi connectivity index (χ3n) is 4.59. The molecule has 4 rings (SSSR count). The highest BCUT2D eigenvalue weighted by atomic mass is 16.7. The largest absolute Gasteiger partial charge is 0.334 e. The molecule has 9 heteroatoms. The first-order valence-electron chi connectivity index (χ1n) is 9.43. The van der Waals surface area contributed by atoms with Gasteiger partial charge in [-0.1, -0.05) is 17.3 Å². The highest BCUT2D eigenvalue weighted by molar-refractivity contribution is 6.00. The quantitative estimate of drug-likeness (QED) is 0.668. The third kappa shape index (κ3) is 4.09. The molecule has 0 unspecified atom stereocenters. The predicted octanol–water partition coefficient (Wildman–Crippen LogP) is 2.35. The van der Waals surface area contributed by atoms with E-state index in [1.807, 2.05) is 38.1 Å². The number of hydrogen-bond donors (Lipinski definition) is 0. The van der Waals surface area contributed by atoms with E-state index in [9.17, 15) is 4.79 Å². The molecule has 0 aliphatic carbocycles. The van der Waals surface area contributed by atoms with Gasteiger partial charge in [0.05, 0.1) is 24.3 Å². The minimum absolute atomic E-state index is 0.100. The minimum atomic E-state index is -0.100. The van der Waals surface area contributed by atoms with Gasteiger partial charge in [0.15, 0.2) is 11.6 Å². The third-order valence-corrected chi connectivity index (χ3v) is 4.59. The number of amides is 1. The summed E-state index contributed by atoms with van der Waals surface area (Å²) in [7, 11) is 0. The van der Waals surface area contributed by atoms with Crippen LogP contribution in [0.1, 0.15) is 27.7 Å². The summed E-state index contributed by atoms with van der Waals surface area (Å²) in [5, 5.41) is 5.55. The normalized spacial score (nSPS) is 14.7. The molecule has 0 spiro atoms. The monoisotopic (exact) mass is 394 g/mol. The van der Waals surface area contributed by atoms with Crippen LogP contribution in [0.2, 0.25) is 0 Å². The van der Waals surface area contributed by atoms with Gasteiger partial charge in [-0.05, 0) is 32.9 Å². The summed E-state index contributed by atoms with van der Waals surface area (Å²) in [6.45, 7) is 7.35. The van der Waals surface area contributed by atoms with E-state index in [2.05, 4.69) is 20.1 Å². The molecule has 0 bridgehead atoms. The van der Waals surface area contributed by atoms with Crippen molar-refractivity contribution in [3.05, 3.63) is 53.2 Å². The maximum Gasteiger partial charge on any atom is 0.258 e. The van der Waals surface area contributed by atoms with Gasteiger partial charge in [-0.15, -0.1) is 0 Å². The second-order valence-corrected chi connectivity index (χ2v) is 6.83. The lowest BCUT2D eigenvalue weighted by molar-refractivity contribution is 0.0730. The number of hydroxylamine groups is 1. The van der Waals surface area contributed by atoms with Gasteiger partial charge in [-0.3, -0.25) is 9.63 Å². The topological polar surface area (TPSA) is 97.5 Å². The Bertz CT molecular complexity index is 1010. The molecule has 150 valence electrons. The molecule has 3 aromatic rings. The van der Waals surface area contributed by atoms with Gasteiger partial charge in [0.2, 0.25) is 0 Å². The molecule has 0 radical (unpaired) electrons. The number of rotatable bonds is 3. The summed E-state index contributed by atoms with van der Waals surface area (Å²) in [4.78, 5) is 33.9. The highest BCUT2D eigenvalue weighted by Gasteiger charge is 2.25. The van der Waals surface area contributed by atoms with E-state index >= 15 is 0 Å². The predicted molar refractivity (Wildman–Crippen MR) is 105 cm³/mol. The Balaban J connectivity index is 1.54. The van der Waals surface area contributed by atoms with Crippen molar-refractivity contribution in [1.82, 2.24) is 25.0 Å². The molecular formula is C20H22N6O3. The Morgan fingerprint density at radius 2 is 1.83 bits per heavy atom. The zero-order valence-electron chi connectivity index (χ0n) is 16.6. The molecule has 1 saturated heterocycles. The first-order chi connectivity index (χ1) is 14.0. The van der Waals surface area contributed by atoms with Crippen molar-refractivity contribution in [3.8, 4) is 11.5 Å². The lowest BCUT2D eigenvalue weighted by atomic mass is 10.1. The minimum Gasteiger partial charge on any atom is -0.334 e. The number of carbonyl (C=O) groups is 1. The van der Waals surface area contributed by atoms with Crippen LogP contribution >= 0.6 is 0 Å². The van der Waals surface area contributed by atoms with E-state index in [1.54, 1.807) is 23.0 Å². The fourth-order valence-corrected chi connectivity index (χ4v) is 3.29. The van der Waals surface area contributed by atoms with E-state index in [-0.39, 0.29) is 5.91 Å². The molecular weight excluding hydrogens is 372 g/mol. The molecule has 0 saturated carbocycles. The number of aromatic nitrogens is 4. The summed E-state index contributed by atoms with van der Waals surface area (Å²) in [6.07, 6.45) is 0. The standard InChI is InChI=1S/C20H22N6O3/c1-13-12-18(22-14(2)21-13)26-9-8-25(10-11-28-26)20(27)17-7-5-4-6-16(17)19-23-15(3)24-29-19/h4-7,12H,8-11H2,1-3H3. The number of aryl methyl sites for hydroxylation is 3. The molecule has 3 heterocycles. The first kappa shape index (κ1) is 19.0. The van der Waals surface area contributed by atoms with Gasteiger partial charge in [0, 0.05) is 24.8 Å². The van der Waals surface area contributed by atoms with Crippen LogP contribution in [0.3, 0.4) is 0 Å². The molecule has 1 amide bonds. The average Bonchev–Trinajstić information content (AvgIpc) is 2.98. The molecule has 1 aliphatic rings. The van der Waals surface area contributed by atoms with Crippen molar-refractivity contribution < 1.29 is 14.2 Å². The van der Waals surface area contributed by atoms with Crippen molar-refractivity contribution in [1.29, 1.82) is 0 Å².